The first kappa shape index (κ1) is 55.7. The molecule has 0 aromatic carbocycles. The Morgan fingerprint density at radius 1 is 0.603 bits per heavy atom. The van der Waals surface area contributed by atoms with Gasteiger partial charge in [-0.3, -0.25) is 13.8 Å². The number of carbonyl (C=O) groups is 1. The van der Waals surface area contributed by atoms with Crippen molar-refractivity contribution in [2.45, 2.75) is 180 Å². The third-order valence-corrected chi connectivity index (χ3v) is 10.6. The lowest BCUT2D eigenvalue weighted by Gasteiger charge is -2.25. The Morgan fingerprint density at radius 2 is 1.03 bits per heavy atom. The van der Waals surface area contributed by atoms with Crippen LogP contribution in [0.1, 0.15) is 168 Å². The highest BCUT2D eigenvalue weighted by Crippen LogP contribution is 2.43. The van der Waals surface area contributed by atoms with Crippen molar-refractivity contribution in [1.29, 1.82) is 0 Å². The van der Waals surface area contributed by atoms with Crippen LogP contribution < -0.4 is 5.32 Å². The van der Waals surface area contributed by atoms with Crippen LogP contribution in [0.2, 0.25) is 0 Å². The quantitative estimate of drug-likeness (QED) is 0.0246. The fourth-order valence-corrected chi connectivity index (χ4v) is 6.72. The molecule has 0 fully saturated rings. The Kier molecular flexibility index (Phi) is 38.5. The van der Waals surface area contributed by atoms with Crippen LogP contribution in [0, 0.1) is 0 Å². The number of rotatable bonds is 40. The summed E-state index contributed by atoms with van der Waals surface area (Å²) in [4.78, 5) is 22.9. The smallest absolute Gasteiger partial charge is 0.387 e. The van der Waals surface area contributed by atoms with E-state index in [1.165, 1.54) is 64.2 Å². The number of allylic oxidation sites excluding steroid dienone is 13. The maximum absolute atomic E-state index is 12.8. The summed E-state index contributed by atoms with van der Waals surface area (Å²) in [7, 11) is 1.55. The minimum absolute atomic E-state index is 0.0566. The highest BCUT2D eigenvalue weighted by atomic mass is 31.2. The number of phosphoric ester groups is 1. The van der Waals surface area contributed by atoms with E-state index in [2.05, 4.69) is 92.1 Å². The second-order valence-corrected chi connectivity index (χ2v) is 17.9. The number of quaternary nitrogens is 1. The summed E-state index contributed by atoms with van der Waals surface area (Å²) in [5.74, 6) is -0.192. The number of nitrogens with zero attached hydrogens (tertiary/aromatic N) is 1. The molecular weight excluding hydrogens is 744 g/mol. The van der Waals surface area contributed by atoms with Gasteiger partial charge in [0.2, 0.25) is 5.91 Å². The van der Waals surface area contributed by atoms with Crippen LogP contribution in [0.4, 0.5) is 0 Å². The normalized spacial score (nSPS) is 15.1. The minimum atomic E-state index is -4.33. The van der Waals surface area contributed by atoms with E-state index in [0.29, 0.717) is 17.4 Å². The second-order valence-electron chi connectivity index (χ2n) is 16.4. The summed E-state index contributed by atoms with van der Waals surface area (Å²) in [5.41, 5.74) is 0. The highest BCUT2D eigenvalue weighted by molar-refractivity contribution is 7.47. The van der Waals surface area contributed by atoms with Crippen molar-refractivity contribution in [3.8, 4) is 0 Å². The Morgan fingerprint density at radius 3 is 1.52 bits per heavy atom. The van der Waals surface area contributed by atoms with E-state index in [4.69, 9.17) is 9.05 Å². The number of carbonyl (C=O) groups excluding carboxylic acids is 1. The summed E-state index contributed by atoms with van der Waals surface area (Å²) in [6.45, 7) is 4.56. The second kappa shape index (κ2) is 40.1. The molecular formula is C49H88N2O6P+. The Bertz CT molecular complexity index is 1220. The Hall–Kier alpha value is -2.32. The van der Waals surface area contributed by atoms with E-state index in [1.807, 2.05) is 27.2 Å². The first-order valence-electron chi connectivity index (χ1n) is 23.0. The predicted octanol–water partition coefficient (Wildman–Crippen LogP) is 13.0. The van der Waals surface area contributed by atoms with Gasteiger partial charge in [0.25, 0.3) is 0 Å². The van der Waals surface area contributed by atoms with Crippen LogP contribution in [0.15, 0.2) is 85.1 Å². The SMILES string of the molecule is CC/C=C\C/C=C\C/C=C\C/C=C\C/C=C\C/C=C\CCCCCCCCCCCCCCC(=O)NC(COP(=O)(O)OCC[N+](C)(C)C)C(O)/C=C/CCCCC. The third-order valence-electron chi connectivity index (χ3n) is 9.62. The molecule has 0 heterocycles. The van der Waals surface area contributed by atoms with Crippen LogP contribution in [0.5, 0.6) is 0 Å². The molecule has 58 heavy (non-hydrogen) atoms. The van der Waals surface area contributed by atoms with Gasteiger partial charge in [-0.15, -0.1) is 0 Å². The molecule has 1 amide bonds. The van der Waals surface area contributed by atoms with Gasteiger partial charge >= 0.3 is 7.82 Å². The molecule has 0 saturated heterocycles. The maximum Gasteiger partial charge on any atom is 0.472 e. The molecule has 0 saturated carbocycles. The molecule has 334 valence electrons. The number of amides is 1. The lowest BCUT2D eigenvalue weighted by atomic mass is 10.0. The zero-order chi connectivity index (χ0) is 42.8. The van der Waals surface area contributed by atoms with Crippen molar-refractivity contribution >= 4 is 13.7 Å². The number of phosphoric acid groups is 1. The average Bonchev–Trinajstić information content (AvgIpc) is 3.17. The molecule has 0 rings (SSSR count). The van der Waals surface area contributed by atoms with Crippen LogP contribution in [0.25, 0.3) is 0 Å². The number of nitrogens with one attached hydrogen (secondary N) is 1. The van der Waals surface area contributed by atoms with E-state index in [9.17, 15) is 19.4 Å². The van der Waals surface area contributed by atoms with Crippen LogP contribution in [-0.4, -0.2) is 73.4 Å². The molecule has 0 radical (unpaired) electrons. The summed E-state index contributed by atoms with van der Waals surface area (Å²) < 4.78 is 23.3. The van der Waals surface area contributed by atoms with E-state index in [0.717, 1.165) is 83.5 Å². The van der Waals surface area contributed by atoms with E-state index in [-0.39, 0.29) is 19.1 Å². The van der Waals surface area contributed by atoms with Crippen molar-refractivity contribution in [2.75, 3.05) is 40.9 Å². The molecule has 3 atom stereocenters. The molecule has 0 bridgehead atoms. The maximum atomic E-state index is 12.8. The monoisotopic (exact) mass is 832 g/mol. The first-order valence-corrected chi connectivity index (χ1v) is 24.5. The molecule has 3 unspecified atom stereocenters. The molecule has 0 aliphatic carbocycles. The summed E-state index contributed by atoms with van der Waals surface area (Å²) >= 11 is 0. The van der Waals surface area contributed by atoms with Gasteiger partial charge in [-0.25, -0.2) is 4.57 Å². The Labute approximate surface area is 356 Å². The lowest BCUT2D eigenvalue weighted by Crippen LogP contribution is -2.45. The van der Waals surface area contributed by atoms with E-state index in [1.54, 1.807) is 6.08 Å². The molecule has 0 aliphatic rings. The topological polar surface area (TPSA) is 105 Å². The van der Waals surface area contributed by atoms with E-state index < -0.39 is 20.0 Å². The fraction of sp³-hybridized carbons (Fsp3) is 0.694. The highest BCUT2D eigenvalue weighted by Gasteiger charge is 2.27. The molecule has 0 aromatic rings. The van der Waals surface area contributed by atoms with E-state index >= 15 is 0 Å². The fourth-order valence-electron chi connectivity index (χ4n) is 5.98. The van der Waals surface area contributed by atoms with Crippen molar-refractivity contribution < 1.29 is 32.9 Å². The molecule has 9 heteroatoms. The number of hydrogen-bond acceptors (Lipinski definition) is 5. The standard InChI is InChI=1S/C49H87N2O6P/c1-6-8-10-12-13-14-15-16-17-18-19-20-21-22-23-24-25-26-27-28-29-30-31-32-33-34-35-36-37-39-41-43-49(53)50-47(48(52)42-40-38-11-9-7-2)46-57-58(54,55)56-45-44-51(3,4)5/h8,10,13-14,16-17,19-20,22-23,25-26,40,42,47-48,52H,6-7,9,11-12,15,18,21,24,27-39,41,43-46H2,1-5H3,(H-,50,53,54,55)/p+1/b10-8-,14-13-,17-16-,20-19-,23-22-,26-25-,42-40+. The summed E-state index contributed by atoms with van der Waals surface area (Å²) in [6.07, 6.45) is 55.7. The van der Waals surface area contributed by atoms with Crippen molar-refractivity contribution in [2.24, 2.45) is 0 Å². The number of aliphatic hydroxyl groups is 1. The molecule has 0 spiro atoms. The molecule has 0 aliphatic heterocycles. The van der Waals surface area contributed by atoms with Crippen molar-refractivity contribution in [3.05, 3.63) is 85.1 Å². The molecule has 8 nitrogen and oxygen atoms in total. The summed E-state index contributed by atoms with van der Waals surface area (Å²) in [5, 5.41) is 13.6. The zero-order valence-corrected chi connectivity index (χ0v) is 38.6. The number of unbranched alkanes of at least 4 members (excludes halogenated alkanes) is 15. The van der Waals surface area contributed by atoms with Crippen molar-refractivity contribution in [3.63, 3.8) is 0 Å². The van der Waals surface area contributed by atoms with Gasteiger partial charge < -0.3 is 19.8 Å². The van der Waals surface area contributed by atoms with Gasteiger partial charge in [-0.2, -0.15) is 0 Å². The van der Waals surface area contributed by atoms with Crippen LogP contribution in [0.3, 0.4) is 0 Å². The Balaban J connectivity index is 3.97. The third kappa shape index (κ3) is 41.8. The number of likely N-dealkylation sites (N-methyl/N-ethyl adjacent to an activating group) is 1. The first-order chi connectivity index (χ1) is 28.0. The van der Waals surface area contributed by atoms with Gasteiger partial charge in [0.1, 0.15) is 13.2 Å². The zero-order valence-electron chi connectivity index (χ0n) is 37.8. The predicted molar refractivity (Wildman–Crippen MR) is 249 cm³/mol. The summed E-state index contributed by atoms with van der Waals surface area (Å²) in [6, 6.07) is -0.847. The molecule has 0 aromatic heterocycles. The van der Waals surface area contributed by atoms with Gasteiger partial charge in [-0.05, 0) is 70.6 Å². The largest absolute Gasteiger partial charge is 0.472 e. The average molecular weight is 832 g/mol. The van der Waals surface area contributed by atoms with Gasteiger partial charge in [-0.1, -0.05) is 176 Å². The number of hydrogen-bond donors (Lipinski definition) is 3. The van der Waals surface area contributed by atoms with Crippen LogP contribution >= 0.6 is 7.82 Å². The van der Waals surface area contributed by atoms with Crippen LogP contribution in [-0.2, 0) is 18.4 Å². The number of aliphatic hydroxyl groups excluding tert-OH is 1. The van der Waals surface area contributed by atoms with Crippen molar-refractivity contribution in [1.82, 2.24) is 5.32 Å². The van der Waals surface area contributed by atoms with Gasteiger partial charge in [0.05, 0.1) is 39.9 Å². The van der Waals surface area contributed by atoms with Gasteiger partial charge in [0, 0.05) is 6.42 Å². The molecule has 3 N–H and O–H groups in total. The minimum Gasteiger partial charge on any atom is -0.387 e. The lowest BCUT2D eigenvalue weighted by molar-refractivity contribution is -0.870. The van der Waals surface area contributed by atoms with Gasteiger partial charge in [0.15, 0.2) is 0 Å².